The van der Waals surface area contributed by atoms with Crippen LogP contribution in [0.25, 0.3) is 0 Å². The molecule has 6 nitrogen and oxygen atoms in total. The zero-order valence-electron chi connectivity index (χ0n) is 14.1. The number of ether oxygens (including phenoxy) is 2. The molecule has 1 aliphatic rings. The molecular formula is C18H23N3O3. The van der Waals surface area contributed by atoms with Crippen LogP contribution in [-0.4, -0.2) is 51.9 Å². The molecule has 0 bridgehead atoms. The van der Waals surface area contributed by atoms with Crippen molar-refractivity contribution in [1.29, 1.82) is 0 Å². The molecule has 24 heavy (non-hydrogen) atoms. The number of methoxy groups -OCH3 is 1. The van der Waals surface area contributed by atoms with Gasteiger partial charge in [-0.3, -0.25) is 4.90 Å². The van der Waals surface area contributed by atoms with Crippen molar-refractivity contribution in [2.45, 2.75) is 31.6 Å². The first-order chi connectivity index (χ1) is 11.6. The molecule has 1 aliphatic heterocycles. The fourth-order valence-corrected chi connectivity index (χ4v) is 2.83. The highest BCUT2D eigenvalue weighted by molar-refractivity contribution is 5.22. The molecule has 2 atom stereocenters. The lowest BCUT2D eigenvalue weighted by molar-refractivity contribution is -0.0964. The number of likely N-dealkylation sites (tertiary alicyclic amines) is 1. The zero-order chi connectivity index (χ0) is 17.0. The minimum Gasteiger partial charge on any atom is -0.486 e. The fourth-order valence-electron chi connectivity index (χ4n) is 2.83. The first-order valence-corrected chi connectivity index (χ1v) is 8.08. The Labute approximate surface area is 142 Å². The van der Waals surface area contributed by atoms with E-state index in [0.29, 0.717) is 25.5 Å². The summed E-state index contributed by atoms with van der Waals surface area (Å²) >= 11 is 0. The molecule has 2 aromatic rings. The Balaban J connectivity index is 1.65. The largest absolute Gasteiger partial charge is 0.486 e. The van der Waals surface area contributed by atoms with E-state index < -0.39 is 5.60 Å². The Morgan fingerprint density at radius 2 is 1.96 bits per heavy atom. The predicted octanol–water partition coefficient (Wildman–Crippen LogP) is 1.89. The van der Waals surface area contributed by atoms with Crippen molar-refractivity contribution in [2.24, 2.45) is 0 Å². The van der Waals surface area contributed by atoms with Crippen molar-refractivity contribution in [3.63, 3.8) is 0 Å². The first kappa shape index (κ1) is 16.7. The Bertz CT molecular complexity index is 646. The fraction of sp³-hybridized carbons (Fsp3) is 0.444. The summed E-state index contributed by atoms with van der Waals surface area (Å²) in [7, 11) is 1.55. The third-order valence-electron chi connectivity index (χ3n) is 4.34. The van der Waals surface area contributed by atoms with Gasteiger partial charge in [-0.1, -0.05) is 18.2 Å². The van der Waals surface area contributed by atoms with E-state index in [9.17, 15) is 5.11 Å². The van der Waals surface area contributed by atoms with Crippen molar-refractivity contribution in [1.82, 2.24) is 14.9 Å². The summed E-state index contributed by atoms with van der Waals surface area (Å²) in [5.41, 5.74) is 0.166. The summed E-state index contributed by atoms with van der Waals surface area (Å²) < 4.78 is 11.0. The minimum absolute atomic E-state index is 0.284. The van der Waals surface area contributed by atoms with Crippen LogP contribution in [0.5, 0.6) is 11.8 Å². The summed E-state index contributed by atoms with van der Waals surface area (Å²) in [5.74, 6) is 0.775. The van der Waals surface area contributed by atoms with Crippen molar-refractivity contribution in [3.8, 4) is 11.8 Å². The van der Waals surface area contributed by atoms with Crippen LogP contribution >= 0.6 is 0 Å². The van der Waals surface area contributed by atoms with Gasteiger partial charge in [0, 0.05) is 37.6 Å². The molecule has 0 amide bonds. The van der Waals surface area contributed by atoms with Crippen molar-refractivity contribution in [2.75, 3.05) is 20.2 Å². The highest BCUT2D eigenvalue weighted by Crippen LogP contribution is 2.27. The molecule has 128 valence electrons. The van der Waals surface area contributed by atoms with Crippen LogP contribution in [0.2, 0.25) is 0 Å². The molecule has 1 aromatic heterocycles. The maximum atomic E-state index is 10.7. The van der Waals surface area contributed by atoms with E-state index in [1.807, 2.05) is 37.3 Å². The van der Waals surface area contributed by atoms with Gasteiger partial charge in [-0.05, 0) is 25.5 Å². The van der Waals surface area contributed by atoms with E-state index in [1.165, 1.54) is 0 Å². The molecule has 3 rings (SSSR count). The summed E-state index contributed by atoms with van der Waals surface area (Å²) in [4.78, 5) is 10.5. The normalized spacial score (nSPS) is 24.5. The van der Waals surface area contributed by atoms with Crippen LogP contribution < -0.4 is 9.47 Å². The van der Waals surface area contributed by atoms with E-state index in [1.54, 1.807) is 19.5 Å². The second-order valence-corrected chi connectivity index (χ2v) is 6.34. The van der Waals surface area contributed by atoms with E-state index in [0.717, 1.165) is 17.9 Å². The second-order valence-electron chi connectivity index (χ2n) is 6.34. The smallest absolute Gasteiger partial charge is 0.316 e. The maximum Gasteiger partial charge on any atom is 0.316 e. The van der Waals surface area contributed by atoms with Gasteiger partial charge in [0.1, 0.15) is 17.5 Å². The van der Waals surface area contributed by atoms with Gasteiger partial charge in [-0.25, -0.2) is 9.97 Å². The second kappa shape index (κ2) is 7.15. The van der Waals surface area contributed by atoms with Crippen LogP contribution in [0.4, 0.5) is 0 Å². The number of hydrogen-bond acceptors (Lipinski definition) is 6. The van der Waals surface area contributed by atoms with Gasteiger partial charge in [0.05, 0.1) is 7.11 Å². The molecule has 0 spiro atoms. The molecule has 0 unspecified atom stereocenters. The molecule has 0 aliphatic carbocycles. The monoisotopic (exact) mass is 329 g/mol. The number of hydrogen-bond donors (Lipinski definition) is 1. The number of nitrogens with zero attached hydrogens (tertiary/aromatic N) is 3. The van der Waals surface area contributed by atoms with Crippen LogP contribution in [0, 0.1) is 0 Å². The van der Waals surface area contributed by atoms with Crippen molar-refractivity contribution < 1.29 is 14.6 Å². The summed E-state index contributed by atoms with van der Waals surface area (Å²) in [6, 6.07) is 9.99. The van der Waals surface area contributed by atoms with Gasteiger partial charge >= 0.3 is 6.01 Å². The third kappa shape index (κ3) is 4.01. The van der Waals surface area contributed by atoms with Crippen LogP contribution in [-0.2, 0) is 6.54 Å². The van der Waals surface area contributed by atoms with Crippen LogP contribution in [0.1, 0.15) is 18.9 Å². The van der Waals surface area contributed by atoms with E-state index in [4.69, 9.17) is 9.47 Å². The molecule has 6 heteroatoms. The Morgan fingerprint density at radius 3 is 2.62 bits per heavy atom. The number of para-hydroxylation sites is 1. The Morgan fingerprint density at radius 1 is 1.25 bits per heavy atom. The SMILES string of the molecule is COc1ncc(CN2CC[C@@](C)(O)[C@H](Oc3ccccc3)C2)cn1. The zero-order valence-corrected chi connectivity index (χ0v) is 14.1. The lowest BCUT2D eigenvalue weighted by atomic mass is 9.90. The Hall–Kier alpha value is -2.18. The number of benzene rings is 1. The molecule has 1 fully saturated rings. The molecule has 0 radical (unpaired) electrons. The third-order valence-corrected chi connectivity index (χ3v) is 4.34. The van der Waals surface area contributed by atoms with Gasteiger partial charge < -0.3 is 14.6 Å². The first-order valence-electron chi connectivity index (χ1n) is 8.08. The maximum absolute atomic E-state index is 10.7. The molecule has 2 heterocycles. The number of aromatic nitrogens is 2. The lowest BCUT2D eigenvalue weighted by Gasteiger charge is -2.42. The summed E-state index contributed by atoms with van der Waals surface area (Å²) in [6.45, 7) is 4.00. The quantitative estimate of drug-likeness (QED) is 0.903. The van der Waals surface area contributed by atoms with E-state index in [2.05, 4.69) is 14.9 Å². The average molecular weight is 329 g/mol. The standard InChI is InChI=1S/C18H23N3O3/c1-18(22)8-9-21(12-14-10-19-17(23-2)20-11-14)13-16(18)24-15-6-4-3-5-7-15/h3-7,10-11,16,22H,8-9,12-13H2,1-2H3/t16-,18-/m1/s1. The highest BCUT2D eigenvalue weighted by Gasteiger charge is 2.39. The lowest BCUT2D eigenvalue weighted by Crippen LogP contribution is -2.56. The highest BCUT2D eigenvalue weighted by atomic mass is 16.5. The van der Waals surface area contributed by atoms with Gasteiger partial charge in [0.25, 0.3) is 0 Å². The van der Waals surface area contributed by atoms with Gasteiger partial charge in [0.15, 0.2) is 0 Å². The van der Waals surface area contributed by atoms with Crippen LogP contribution in [0.3, 0.4) is 0 Å². The Kier molecular flexibility index (Phi) is 4.97. The van der Waals surface area contributed by atoms with E-state index >= 15 is 0 Å². The number of piperidine rings is 1. The predicted molar refractivity (Wildman–Crippen MR) is 90.0 cm³/mol. The summed E-state index contributed by atoms with van der Waals surface area (Å²) in [5, 5.41) is 10.7. The molecule has 1 N–H and O–H groups in total. The average Bonchev–Trinajstić information content (AvgIpc) is 2.60. The minimum atomic E-state index is -0.844. The molecular weight excluding hydrogens is 306 g/mol. The molecule has 1 saturated heterocycles. The molecule has 0 saturated carbocycles. The van der Waals surface area contributed by atoms with Gasteiger partial charge in [-0.15, -0.1) is 0 Å². The van der Waals surface area contributed by atoms with Crippen LogP contribution in [0.15, 0.2) is 42.7 Å². The van der Waals surface area contributed by atoms with Crippen molar-refractivity contribution in [3.05, 3.63) is 48.3 Å². The van der Waals surface area contributed by atoms with E-state index in [-0.39, 0.29) is 6.10 Å². The topological polar surface area (TPSA) is 67.7 Å². The van der Waals surface area contributed by atoms with Gasteiger partial charge in [-0.2, -0.15) is 0 Å². The number of rotatable bonds is 5. The van der Waals surface area contributed by atoms with Crippen molar-refractivity contribution >= 4 is 0 Å². The van der Waals surface area contributed by atoms with Gasteiger partial charge in [0.2, 0.25) is 0 Å². The number of aliphatic hydroxyl groups is 1. The summed E-state index contributed by atoms with van der Waals surface area (Å²) in [6.07, 6.45) is 3.91. The molecule has 1 aromatic carbocycles.